The second-order valence-corrected chi connectivity index (χ2v) is 10.3. The minimum Gasteiger partial charge on any atom is -0.306 e. The van der Waals surface area contributed by atoms with Crippen molar-refractivity contribution in [3.63, 3.8) is 0 Å². The number of nitriles is 1. The van der Waals surface area contributed by atoms with Crippen LogP contribution in [-0.2, 0) is 21.2 Å². The van der Waals surface area contributed by atoms with Crippen LogP contribution in [-0.4, -0.2) is 33.1 Å². The number of benzene rings is 3. The minimum atomic E-state index is -4.69. The number of rotatable bonds is 4. The molecular weight excluding hydrogens is 519 g/mol. The lowest BCUT2D eigenvalue weighted by molar-refractivity contribution is -0.137. The highest BCUT2D eigenvalue weighted by Gasteiger charge is 2.48. The summed E-state index contributed by atoms with van der Waals surface area (Å²) in [7, 11) is -3.98. The second kappa shape index (κ2) is 9.20. The maximum Gasteiger partial charge on any atom is 0.414 e. The molecule has 2 aliphatic heterocycles. The first kappa shape index (κ1) is 25.3. The number of hydrazine groups is 1. The predicted molar refractivity (Wildman–Crippen MR) is 134 cm³/mol. The number of carbonyl (C=O) groups excluding carboxylic acids is 1. The van der Waals surface area contributed by atoms with Crippen LogP contribution in [0.2, 0.25) is 0 Å². The Morgan fingerprint density at radius 1 is 1.08 bits per heavy atom. The molecule has 0 fully saturated rings. The summed E-state index contributed by atoms with van der Waals surface area (Å²) in [5, 5.41) is 15.3. The number of nitrogens with one attached hydrogen (secondary N) is 1. The lowest BCUT2D eigenvalue weighted by Gasteiger charge is -2.29. The van der Waals surface area contributed by atoms with Gasteiger partial charge < -0.3 is 4.90 Å². The van der Waals surface area contributed by atoms with Gasteiger partial charge in [0, 0.05) is 17.8 Å². The standard InChI is InChI=1S/C26H20F3N5O3S/c27-26(28,29)24-14-21(32-34(24)19-5-3-4-16(12-19)15-30)25(35)33-11-10-18-13-17(8-9-22(18)33)20-6-1-2-7-23(20)38(31,36)37/h1-9,12-14,24,32H,10-11H2,(H2,31,36,37). The molecule has 1 atom stereocenters. The van der Waals surface area contributed by atoms with Crippen molar-refractivity contribution in [3.8, 4) is 17.2 Å². The van der Waals surface area contributed by atoms with Gasteiger partial charge in [-0.1, -0.05) is 30.3 Å². The largest absolute Gasteiger partial charge is 0.414 e. The molecule has 0 aliphatic carbocycles. The number of hydrogen-bond donors (Lipinski definition) is 2. The first-order valence-corrected chi connectivity index (χ1v) is 12.9. The smallest absolute Gasteiger partial charge is 0.306 e. The normalized spacial score (nSPS) is 17.0. The van der Waals surface area contributed by atoms with Gasteiger partial charge in [-0.3, -0.25) is 15.2 Å². The van der Waals surface area contributed by atoms with Gasteiger partial charge in [-0.25, -0.2) is 13.6 Å². The Balaban J connectivity index is 1.45. The average molecular weight is 540 g/mol. The zero-order valence-electron chi connectivity index (χ0n) is 19.6. The quantitative estimate of drug-likeness (QED) is 0.523. The molecule has 3 aromatic rings. The summed E-state index contributed by atoms with van der Waals surface area (Å²) in [6.45, 7) is 0.230. The van der Waals surface area contributed by atoms with Crippen LogP contribution in [0.15, 0.2) is 83.4 Å². The number of primary sulfonamides is 1. The van der Waals surface area contributed by atoms with Gasteiger partial charge in [0.2, 0.25) is 10.0 Å². The van der Waals surface area contributed by atoms with E-state index in [0.717, 1.165) is 16.6 Å². The number of nitrogens with two attached hydrogens (primary N) is 1. The molecule has 5 rings (SSSR count). The van der Waals surface area contributed by atoms with E-state index in [4.69, 9.17) is 10.4 Å². The molecule has 1 unspecified atom stereocenters. The molecule has 12 heteroatoms. The molecule has 0 spiro atoms. The van der Waals surface area contributed by atoms with Gasteiger partial charge in [0.25, 0.3) is 5.91 Å². The van der Waals surface area contributed by atoms with Crippen LogP contribution in [0.1, 0.15) is 11.1 Å². The van der Waals surface area contributed by atoms with E-state index in [1.807, 2.05) is 6.07 Å². The van der Waals surface area contributed by atoms with E-state index in [2.05, 4.69) is 5.43 Å². The van der Waals surface area contributed by atoms with Crippen LogP contribution in [0.3, 0.4) is 0 Å². The number of amides is 1. The number of fused-ring (bicyclic) bond motifs is 1. The average Bonchev–Trinajstić information content (AvgIpc) is 3.53. The van der Waals surface area contributed by atoms with E-state index < -0.39 is 28.1 Å². The molecule has 0 bridgehead atoms. The zero-order valence-corrected chi connectivity index (χ0v) is 20.4. The summed E-state index contributed by atoms with van der Waals surface area (Å²) >= 11 is 0. The summed E-state index contributed by atoms with van der Waals surface area (Å²) in [5.41, 5.74) is 4.85. The van der Waals surface area contributed by atoms with Crippen molar-refractivity contribution >= 4 is 27.3 Å². The Bertz CT molecular complexity index is 1630. The third-order valence-corrected chi connectivity index (χ3v) is 7.36. The number of sulfonamides is 1. The molecule has 0 aromatic heterocycles. The van der Waals surface area contributed by atoms with Crippen LogP contribution in [0.4, 0.5) is 24.5 Å². The number of hydrogen-bond acceptors (Lipinski definition) is 6. The van der Waals surface area contributed by atoms with E-state index in [1.165, 1.54) is 35.2 Å². The Labute approximate surface area is 216 Å². The molecule has 2 aliphatic rings. The van der Waals surface area contributed by atoms with E-state index in [0.29, 0.717) is 23.2 Å². The molecule has 3 aromatic carbocycles. The van der Waals surface area contributed by atoms with Crippen molar-refractivity contribution in [1.29, 1.82) is 5.26 Å². The van der Waals surface area contributed by atoms with Crippen molar-refractivity contribution in [1.82, 2.24) is 5.43 Å². The SMILES string of the molecule is N#Cc1cccc(N2NC(C(=O)N3CCc4cc(-c5ccccc5S(N)(=O)=O)ccc43)=CC2C(F)(F)F)c1. The van der Waals surface area contributed by atoms with Crippen LogP contribution in [0.25, 0.3) is 11.1 Å². The van der Waals surface area contributed by atoms with Crippen molar-refractivity contribution in [3.05, 3.63) is 89.6 Å². The summed E-state index contributed by atoms with van der Waals surface area (Å²) in [4.78, 5) is 14.7. The number of alkyl halides is 3. The highest BCUT2D eigenvalue weighted by Crippen LogP contribution is 2.37. The van der Waals surface area contributed by atoms with Gasteiger partial charge in [-0.15, -0.1) is 0 Å². The number of halogens is 3. The Kier molecular flexibility index (Phi) is 6.13. The van der Waals surface area contributed by atoms with E-state index in [9.17, 15) is 26.4 Å². The third kappa shape index (κ3) is 4.57. The molecule has 2 heterocycles. The van der Waals surface area contributed by atoms with Gasteiger partial charge in [0.05, 0.1) is 22.2 Å². The maximum absolute atomic E-state index is 13.9. The monoisotopic (exact) mass is 539 g/mol. The van der Waals surface area contributed by atoms with Gasteiger partial charge in [0.15, 0.2) is 6.04 Å². The van der Waals surface area contributed by atoms with Crippen molar-refractivity contribution < 1.29 is 26.4 Å². The number of carbonyl (C=O) groups is 1. The molecule has 0 saturated carbocycles. The van der Waals surface area contributed by atoms with Crippen LogP contribution in [0, 0.1) is 11.3 Å². The van der Waals surface area contributed by atoms with Crippen LogP contribution in [0.5, 0.6) is 0 Å². The van der Waals surface area contributed by atoms with Crippen LogP contribution < -0.4 is 20.5 Å². The lowest BCUT2D eigenvalue weighted by Crippen LogP contribution is -2.47. The molecule has 0 radical (unpaired) electrons. The van der Waals surface area contributed by atoms with Gasteiger partial charge in [0.1, 0.15) is 5.70 Å². The second-order valence-electron chi connectivity index (χ2n) is 8.80. The number of nitrogens with zero attached hydrogens (tertiary/aromatic N) is 3. The maximum atomic E-state index is 13.9. The Hall–Kier alpha value is -4.34. The number of anilines is 2. The summed E-state index contributed by atoms with van der Waals surface area (Å²) < 4.78 is 65.7. The molecule has 8 nitrogen and oxygen atoms in total. The summed E-state index contributed by atoms with van der Waals surface area (Å²) in [6, 6.07) is 16.7. The molecule has 3 N–H and O–H groups in total. The van der Waals surface area contributed by atoms with Gasteiger partial charge in [-0.2, -0.15) is 18.4 Å². The Morgan fingerprint density at radius 2 is 1.84 bits per heavy atom. The zero-order chi connectivity index (χ0) is 27.2. The fourth-order valence-electron chi connectivity index (χ4n) is 4.66. The van der Waals surface area contributed by atoms with Crippen molar-refractivity contribution in [2.45, 2.75) is 23.5 Å². The van der Waals surface area contributed by atoms with Crippen LogP contribution >= 0.6 is 0 Å². The van der Waals surface area contributed by atoms with E-state index in [1.54, 1.807) is 36.4 Å². The highest BCUT2D eigenvalue weighted by molar-refractivity contribution is 7.89. The summed E-state index contributed by atoms with van der Waals surface area (Å²) in [6.07, 6.45) is -3.43. The third-order valence-electron chi connectivity index (χ3n) is 6.39. The fraction of sp³-hybridized carbons (Fsp3) is 0.154. The van der Waals surface area contributed by atoms with E-state index in [-0.39, 0.29) is 28.4 Å². The molecule has 0 saturated heterocycles. The van der Waals surface area contributed by atoms with Crippen molar-refractivity contribution in [2.75, 3.05) is 16.5 Å². The molecule has 38 heavy (non-hydrogen) atoms. The lowest BCUT2D eigenvalue weighted by atomic mass is 10.0. The summed E-state index contributed by atoms with van der Waals surface area (Å²) in [5.74, 6) is -0.644. The van der Waals surface area contributed by atoms with Gasteiger partial charge >= 0.3 is 6.18 Å². The predicted octanol–water partition coefficient (Wildman–Crippen LogP) is 3.60. The molecule has 194 valence electrons. The molecule has 1 amide bonds. The van der Waals surface area contributed by atoms with Gasteiger partial charge in [-0.05, 0) is 60.0 Å². The Morgan fingerprint density at radius 3 is 2.55 bits per heavy atom. The molecular formula is C26H20F3N5O3S. The first-order valence-electron chi connectivity index (χ1n) is 11.4. The fourth-order valence-corrected chi connectivity index (χ4v) is 5.42. The highest BCUT2D eigenvalue weighted by atomic mass is 32.2. The van der Waals surface area contributed by atoms with E-state index >= 15 is 0 Å². The topological polar surface area (TPSA) is 120 Å². The van der Waals surface area contributed by atoms with Crippen molar-refractivity contribution in [2.24, 2.45) is 5.14 Å². The first-order chi connectivity index (χ1) is 18.0. The minimum absolute atomic E-state index is 0.0371.